The maximum absolute atomic E-state index is 12.1. The van der Waals surface area contributed by atoms with Gasteiger partial charge in [0.2, 0.25) is 0 Å². The Balaban J connectivity index is 2.93. The van der Waals surface area contributed by atoms with Gasteiger partial charge in [0.05, 0.1) is 24.2 Å². The molecule has 122 valence electrons. The van der Waals surface area contributed by atoms with Crippen molar-refractivity contribution in [2.75, 3.05) is 6.61 Å². The molecule has 0 saturated heterocycles. The fraction of sp³-hybridized carbons (Fsp3) is 0.833. The molecule has 0 aromatic heterocycles. The molecule has 0 N–H and O–H groups in total. The zero-order valence-electron chi connectivity index (χ0n) is 14.2. The van der Waals surface area contributed by atoms with E-state index in [-0.39, 0.29) is 6.61 Å². The molecule has 0 aromatic rings. The van der Waals surface area contributed by atoms with E-state index in [4.69, 9.17) is 4.74 Å². The summed E-state index contributed by atoms with van der Waals surface area (Å²) in [4.78, 5) is 12.1. The standard InChI is InChI=1S/C18H28N2O2/c1-4-7-17(8-5-2)9-11-18(14-20,12-10-17)15(13-19)16(21)22-6-3/h15H,4-12H2,1-3H3. The molecule has 1 saturated carbocycles. The lowest BCUT2D eigenvalue weighted by Gasteiger charge is -2.44. The normalized spacial score (nSPS) is 20.4. The number of carbonyl (C=O) groups excluding carboxylic acids is 1. The van der Waals surface area contributed by atoms with Crippen molar-refractivity contribution in [1.82, 2.24) is 0 Å². The maximum Gasteiger partial charge on any atom is 0.324 e. The highest BCUT2D eigenvalue weighted by Gasteiger charge is 2.50. The third kappa shape index (κ3) is 3.80. The first-order valence-corrected chi connectivity index (χ1v) is 8.50. The molecule has 1 atom stereocenters. The van der Waals surface area contributed by atoms with Gasteiger partial charge in [0.15, 0.2) is 5.92 Å². The van der Waals surface area contributed by atoms with Crippen molar-refractivity contribution >= 4 is 5.97 Å². The first-order chi connectivity index (χ1) is 10.5. The third-order valence-electron chi connectivity index (χ3n) is 5.19. The summed E-state index contributed by atoms with van der Waals surface area (Å²) in [7, 11) is 0. The van der Waals surface area contributed by atoms with Crippen LogP contribution in [0, 0.1) is 39.4 Å². The number of hydrogen-bond donors (Lipinski definition) is 0. The molecular weight excluding hydrogens is 276 g/mol. The Labute approximate surface area is 134 Å². The van der Waals surface area contributed by atoms with Gasteiger partial charge in [-0.25, -0.2) is 0 Å². The molecule has 1 fully saturated rings. The highest BCUT2D eigenvalue weighted by atomic mass is 16.5. The van der Waals surface area contributed by atoms with Crippen LogP contribution in [-0.2, 0) is 9.53 Å². The summed E-state index contributed by atoms with van der Waals surface area (Å²) in [5.74, 6) is -1.50. The van der Waals surface area contributed by atoms with Crippen LogP contribution in [0.1, 0.15) is 72.1 Å². The van der Waals surface area contributed by atoms with E-state index < -0.39 is 17.3 Å². The molecule has 22 heavy (non-hydrogen) atoms. The Morgan fingerprint density at radius 1 is 1.09 bits per heavy atom. The van der Waals surface area contributed by atoms with Gasteiger partial charge in [-0.1, -0.05) is 26.7 Å². The number of esters is 1. The Kier molecular flexibility index (Phi) is 6.88. The van der Waals surface area contributed by atoms with E-state index in [1.54, 1.807) is 6.92 Å². The maximum atomic E-state index is 12.1. The molecule has 0 amide bonds. The Hall–Kier alpha value is -1.55. The lowest BCUT2D eigenvalue weighted by atomic mass is 9.57. The summed E-state index contributed by atoms with van der Waals surface area (Å²) >= 11 is 0. The van der Waals surface area contributed by atoms with Gasteiger partial charge in [0, 0.05) is 0 Å². The SMILES string of the molecule is CCCC1(CCC)CCC(C#N)(C(C#N)C(=O)OCC)CC1. The van der Waals surface area contributed by atoms with Crippen molar-refractivity contribution in [1.29, 1.82) is 10.5 Å². The van der Waals surface area contributed by atoms with Gasteiger partial charge in [0.1, 0.15) is 0 Å². The van der Waals surface area contributed by atoms with Gasteiger partial charge in [-0.05, 0) is 50.9 Å². The molecule has 0 spiro atoms. The molecule has 4 heteroatoms. The second kappa shape index (κ2) is 8.18. The zero-order chi connectivity index (χ0) is 16.6. The zero-order valence-corrected chi connectivity index (χ0v) is 14.2. The third-order valence-corrected chi connectivity index (χ3v) is 5.19. The minimum absolute atomic E-state index is 0.244. The first-order valence-electron chi connectivity index (χ1n) is 8.50. The predicted molar refractivity (Wildman–Crippen MR) is 84.5 cm³/mol. The summed E-state index contributed by atoms with van der Waals surface area (Å²) in [6, 6.07) is 4.35. The molecule has 0 radical (unpaired) electrons. The summed E-state index contributed by atoms with van der Waals surface area (Å²) in [5.41, 5.74) is -0.579. The monoisotopic (exact) mass is 304 g/mol. The molecule has 0 heterocycles. The largest absolute Gasteiger partial charge is 0.465 e. The average molecular weight is 304 g/mol. The van der Waals surface area contributed by atoms with Crippen LogP contribution in [0.25, 0.3) is 0 Å². The van der Waals surface area contributed by atoms with Gasteiger partial charge < -0.3 is 4.74 Å². The smallest absolute Gasteiger partial charge is 0.324 e. The van der Waals surface area contributed by atoms with Gasteiger partial charge in [-0.2, -0.15) is 10.5 Å². The lowest BCUT2D eigenvalue weighted by Crippen LogP contribution is -2.41. The number of carbonyl (C=O) groups is 1. The molecule has 0 aliphatic heterocycles. The van der Waals surface area contributed by atoms with E-state index in [1.165, 1.54) is 12.8 Å². The van der Waals surface area contributed by atoms with E-state index >= 15 is 0 Å². The molecule has 1 rings (SSSR count). The Morgan fingerprint density at radius 3 is 2.00 bits per heavy atom. The van der Waals surface area contributed by atoms with Gasteiger partial charge in [0.25, 0.3) is 0 Å². The molecule has 1 aliphatic carbocycles. The molecular formula is C18H28N2O2. The van der Waals surface area contributed by atoms with E-state index in [2.05, 4.69) is 19.9 Å². The van der Waals surface area contributed by atoms with Crippen molar-refractivity contribution in [2.24, 2.45) is 16.7 Å². The minimum atomic E-state index is -0.960. The van der Waals surface area contributed by atoms with Crippen LogP contribution in [0.2, 0.25) is 0 Å². The van der Waals surface area contributed by atoms with Crippen LogP contribution in [0.3, 0.4) is 0 Å². The van der Waals surface area contributed by atoms with E-state index in [9.17, 15) is 15.3 Å². The number of nitrogens with zero attached hydrogens (tertiary/aromatic N) is 2. The van der Waals surface area contributed by atoms with Gasteiger partial charge >= 0.3 is 5.97 Å². The van der Waals surface area contributed by atoms with Crippen LogP contribution < -0.4 is 0 Å². The van der Waals surface area contributed by atoms with Crippen LogP contribution in [0.15, 0.2) is 0 Å². The van der Waals surface area contributed by atoms with Crippen molar-refractivity contribution in [3.63, 3.8) is 0 Å². The lowest BCUT2D eigenvalue weighted by molar-refractivity contribution is -0.150. The van der Waals surface area contributed by atoms with E-state index in [0.29, 0.717) is 18.3 Å². The number of rotatable bonds is 7. The molecule has 0 aromatic carbocycles. The second-order valence-electron chi connectivity index (χ2n) is 6.58. The molecule has 4 nitrogen and oxygen atoms in total. The van der Waals surface area contributed by atoms with Gasteiger partial charge in [-0.3, -0.25) is 4.79 Å². The van der Waals surface area contributed by atoms with Crippen LogP contribution >= 0.6 is 0 Å². The van der Waals surface area contributed by atoms with Crippen molar-refractivity contribution in [3.05, 3.63) is 0 Å². The minimum Gasteiger partial charge on any atom is -0.465 e. The van der Waals surface area contributed by atoms with E-state index in [0.717, 1.165) is 25.7 Å². The number of nitriles is 2. The van der Waals surface area contributed by atoms with Crippen LogP contribution in [-0.4, -0.2) is 12.6 Å². The summed E-state index contributed by atoms with van der Waals surface area (Å²) in [5, 5.41) is 19.1. The average Bonchev–Trinajstić information content (AvgIpc) is 2.51. The van der Waals surface area contributed by atoms with Crippen LogP contribution in [0.4, 0.5) is 0 Å². The Bertz CT molecular complexity index is 443. The highest BCUT2D eigenvalue weighted by Crippen LogP contribution is 2.53. The summed E-state index contributed by atoms with van der Waals surface area (Å²) in [6.07, 6.45) is 7.72. The van der Waals surface area contributed by atoms with Crippen molar-refractivity contribution in [2.45, 2.75) is 72.1 Å². The Morgan fingerprint density at radius 2 is 1.64 bits per heavy atom. The summed E-state index contributed by atoms with van der Waals surface area (Å²) < 4.78 is 5.01. The quantitative estimate of drug-likeness (QED) is 0.655. The summed E-state index contributed by atoms with van der Waals surface area (Å²) in [6.45, 7) is 6.36. The first kappa shape index (κ1) is 18.5. The molecule has 1 aliphatic rings. The predicted octanol–water partition coefficient (Wildman–Crippen LogP) is 4.36. The fourth-order valence-electron chi connectivity index (χ4n) is 4.00. The highest BCUT2D eigenvalue weighted by molar-refractivity contribution is 5.77. The fourth-order valence-corrected chi connectivity index (χ4v) is 4.00. The number of hydrogen-bond acceptors (Lipinski definition) is 4. The number of ether oxygens (including phenoxy) is 1. The van der Waals surface area contributed by atoms with Crippen LogP contribution in [0.5, 0.6) is 0 Å². The van der Waals surface area contributed by atoms with E-state index in [1.807, 2.05) is 6.07 Å². The van der Waals surface area contributed by atoms with Gasteiger partial charge in [-0.15, -0.1) is 0 Å². The molecule has 0 bridgehead atoms. The molecule has 1 unspecified atom stereocenters. The second-order valence-corrected chi connectivity index (χ2v) is 6.58. The van der Waals surface area contributed by atoms with Crippen molar-refractivity contribution < 1.29 is 9.53 Å². The van der Waals surface area contributed by atoms with Crippen molar-refractivity contribution in [3.8, 4) is 12.1 Å². The topological polar surface area (TPSA) is 73.9 Å².